The monoisotopic (exact) mass is 1060 g/mol. The van der Waals surface area contributed by atoms with Crippen LogP contribution < -0.4 is 21.2 Å². The molecule has 1 aliphatic rings. The van der Waals surface area contributed by atoms with Crippen molar-refractivity contribution < 1.29 is 21.2 Å². The Morgan fingerprint density at radius 2 is 0.515 bits per heavy atom. The van der Waals surface area contributed by atoms with Crippen molar-refractivity contribution in [3.63, 3.8) is 0 Å². The fourth-order valence-corrected chi connectivity index (χ4v) is 12.8. The van der Waals surface area contributed by atoms with Crippen LogP contribution >= 0.6 is 0 Å². The predicted molar refractivity (Wildman–Crippen MR) is 307 cm³/mol. The maximum absolute atomic E-state index is 2.29. The van der Waals surface area contributed by atoms with Crippen LogP contribution in [0, 0.1) is 7.14 Å². The van der Waals surface area contributed by atoms with Crippen LogP contribution in [0.15, 0.2) is 260 Å². The first-order chi connectivity index (χ1) is 33.8. The van der Waals surface area contributed by atoms with Gasteiger partial charge in [-0.2, -0.15) is 0 Å². The van der Waals surface area contributed by atoms with E-state index in [-0.39, 0.29) is 43.0 Å². The summed E-state index contributed by atoms with van der Waals surface area (Å²) in [6.07, 6.45) is 1.06. The van der Waals surface area contributed by atoms with Crippen molar-refractivity contribution in [2.45, 2.75) is 147 Å². The van der Waals surface area contributed by atoms with Crippen molar-refractivity contribution in [3.8, 4) is 0 Å². The van der Waals surface area contributed by atoms with Gasteiger partial charge in [-0.15, -0.1) is 0 Å². The van der Waals surface area contributed by atoms with E-state index >= 15 is 0 Å². The average Bonchev–Trinajstić information content (AvgIpc) is 3.47. The minimum Gasteiger partial charge on any atom is -0.0683 e. The normalized spacial score (nSPS) is 9.54. The molecule has 1 heterocycles. The highest BCUT2D eigenvalue weighted by molar-refractivity contribution is 7.97. The molecule has 0 fully saturated rings. The molecule has 0 radical (unpaired) electrons. The van der Waals surface area contributed by atoms with Crippen LogP contribution in [0.3, 0.4) is 0 Å². The van der Waals surface area contributed by atoms with Crippen molar-refractivity contribution in [3.05, 3.63) is 249 Å². The van der Waals surface area contributed by atoms with E-state index in [9.17, 15) is 0 Å². The quantitative estimate of drug-likeness (QED) is 0.115. The molecular weight excluding hydrogens is 972 g/mol. The first kappa shape index (κ1) is 65.3. The zero-order chi connectivity index (χ0) is 51.2. The SMILES string of the molecule is CC.CC.CC.CC.CC.CC.CC.CC.c1ccc([I+]c2ccccc2)cc1.c1ccc([S+](c2ccccc2)c2ccccc2)cc1.c1ccc([S+]2c3ccccc3Cc3ccccc32)cc1. The van der Waals surface area contributed by atoms with E-state index in [1.807, 2.05) is 111 Å². The summed E-state index contributed by atoms with van der Waals surface area (Å²) in [6.45, 7) is 32.0. The Kier molecular flexibility index (Phi) is 44.1. The summed E-state index contributed by atoms with van der Waals surface area (Å²) in [6, 6.07) is 82.2. The van der Waals surface area contributed by atoms with Crippen molar-refractivity contribution in [2.24, 2.45) is 0 Å². The molecular formula is C65H88IS2+3. The summed E-state index contributed by atoms with van der Waals surface area (Å²) in [4.78, 5) is 8.46. The van der Waals surface area contributed by atoms with Gasteiger partial charge in [-0.1, -0.05) is 256 Å². The molecule has 0 saturated carbocycles. The van der Waals surface area contributed by atoms with Crippen LogP contribution in [0.5, 0.6) is 0 Å². The smallest absolute Gasteiger partial charge is 0.0683 e. The third-order valence-electron chi connectivity index (χ3n) is 8.37. The molecule has 0 spiro atoms. The number of halogens is 1. The van der Waals surface area contributed by atoms with Gasteiger partial charge in [-0.25, -0.2) is 0 Å². The van der Waals surface area contributed by atoms with E-state index in [1.54, 1.807) is 0 Å². The fraction of sp³-hybridized carbons (Fsp3) is 0.262. The number of rotatable bonds is 6. The molecule has 8 aromatic carbocycles. The molecule has 3 heteroatoms. The molecule has 8 aromatic rings. The molecule has 1 aliphatic heterocycles. The highest BCUT2D eigenvalue weighted by atomic mass is 127. The molecule has 0 aliphatic carbocycles. The first-order valence-electron chi connectivity index (χ1n) is 25.4. The second kappa shape index (κ2) is 45.9. The van der Waals surface area contributed by atoms with Crippen molar-refractivity contribution in [2.75, 3.05) is 0 Å². The van der Waals surface area contributed by atoms with Crippen molar-refractivity contribution in [1.82, 2.24) is 0 Å². The van der Waals surface area contributed by atoms with Gasteiger partial charge in [0.25, 0.3) is 0 Å². The lowest BCUT2D eigenvalue weighted by molar-refractivity contribution is -0.597. The first-order valence-corrected chi connectivity index (χ1v) is 30.0. The summed E-state index contributed by atoms with van der Waals surface area (Å²) in [7, 11) is 0.0275. The topological polar surface area (TPSA) is 0 Å². The van der Waals surface area contributed by atoms with Crippen LogP contribution in [0.4, 0.5) is 0 Å². The Labute approximate surface area is 435 Å². The van der Waals surface area contributed by atoms with Crippen LogP contribution in [0.1, 0.15) is 122 Å². The molecule has 0 amide bonds. The minimum absolute atomic E-state index is 0.0146. The second-order valence-electron chi connectivity index (χ2n) is 11.9. The van der Waals surface area contributed by atoms with E-state index in [0.717, 1.165) is 6.42 Å². The summed E-state index contributed by atoms with van der Waals surface area (Å²) < 4.78 is 2.96. The molecule has 0 nitrogen and oxygen atoms in total. The fourth-order valence-electron chi connectivity index (χ4n) is 5.99. The molecule has 68 heavy (non-hydrogen) atoms. The maximum Gasteiger partial charge on any atom is 0.357 e. The van der Waals surface area contributed by atoms with Gasteiger partial charge in [0, 0.05) is 17.5 Å². The molecule has 0 unspecified atom stereocenters. The standard InChI is InChI=1S/C19H15S.C18H15S.C12H10I.8C2H6/c1-2-10-17(11-3-1)20-18-12-6-4-8-15(18)14-16-9-5-7-13-19(16)20;1-4-10-16(11-5-1)19(17-12-6-2-7-13-17)18-14-8-3-9-15-18;1-3-7-11(8-4-1)13-12-9-5-2-6-10-12;8*1-2/h1-13H,14H2;1-15H;1-10H;8*1-2H3/q3*+1;;;;;;;;. The van der Waals surface area contributed by atoms with E-state index in [4.69, 9.17) is 0 Å². The minimum atomic E-state index is -0.0146. The van der Waals surface area contributed by atoms with Gasteiger partial charge in [0.1, 0.15) is 0 Å². The van der Waals surface area contributed by atoms with Gasteiger partial charge < -0.3 is 0 Å². The zero-order valence-electron chi connectivity index (χ0n) is 44.8. The predicted octanol–water partition coefficient (Wildman–Crippen LogP) is 17.5. The van der Waals surface area contributed by atoms with Crippen molar-refractivity contribution in [1.29, 1.82) is 0 Å². The summed E-state index contributed by atoms with van der Waals surface area (Å²) in [5, 5.41) is 0. The lowest BCUT2D eigenvalue weighted by Crippen LogP contribution is -3.61. The molecule has 9 rings (SSSR count). The third-order valence-corrected chi connectivity index (χ3v) is 15.7. The Morgan fingerprint density at radius 3 is 0.809 bits per heavy atom. The molecule has 0 saturated heterocycles. The molecule has 0 N–H and O–H groups in total. The number of hydrogen-bond donors (Lipinski definition) is 0. The Balaban J connectivity index is 0. The van der Waals surface area contributed by atoms with Crippen LogP contribution in [0.2, 0.25) is 0 Å². The largest absolute Gasteiger partial charge is 0.357 e. The molecule has 0 atom stereocenters. The van der Waals surface area contributed by atoms with Gasteiger partial charge >= 0.3 is 21.2 Å². The maximum atomic E-state index is 2.29. The van der Waals surface area contributed by atoms with Crippen LogP contribution in [-0.2, 0) is 28.2 Å². The van der Waals surface area contributed by atoms with E-state index in [1.165, 1.54) is 47.6 Å². The number of hydrogen-bond acceptors (Lipinski definition) is 0. The second-order valence-corrected chi connectivity index (χ2v) is 19.0. The lowest BCUT2D eigenvalue weighted by atomic mass is 10.0. The number of benzene rings is 8. The Bertz CT molecular complexity index is 2050. The average molecular weight is 1060 g/mol. The third kappa shape index (κ3) is 23.5. The summed E-state index contributed by atoms with van der Waals surface area (Å²) in [5.41, 5.74) is 2.94. The highest BCUT2D eigenvalue weighted by Crippen LogP contribution is 2.40. The van der Waals surface area contributed by atoms with E-state index < -0.39 is 0 Å². The molecule has 0 bridgehead atoms. The summed E-state index contributed by atoms with van der Waals surface area (Å²) in [5.74, 6) is 0. The van der Waals surface area contributed by atoms with Crippen LogP contribution in [0.25, 0.3) is 0 Å². The van der Waals surface area contributed by atoms with E-state index in [2.05, 4.69) is 231 Å². The van der Waals surface area contributed by atoms with Gasteiger partial charge in [0.2, 0.25) is 0 Å². The zero-order valence-corrected chi connectivity index (χ0v) is 48.6. The molecule has 0 aromatic heterocycles. The molecule has 364 valence electrons. The Morgan fingerprint density at radius 1 is 0.279 bits per heavy atom. The van der Waals surface area contributed by atoms with E-state index in [0.29, 0.717) is 0 Å². The lowest BCUT2D eigenvalue weighted by Gasteiger charge is -2.19. The van der Waals surface area contributed by atoms with Crippen molar-refractivity contribution >= 4 is 21.8 Å². The van der Waals surface area contributed by atoms with Gasteiger partial charge in [-0.3, -0.25) is 0 Å². The van der Waals surface area contributed by atoms with Gasteiger partial charge in [-0.05, 0) is 84.9 Å². The Hall–Kier alpha value is -4.81. The summed E-state index contributed by atoms with van der Waals surface area (Å²) >= 11 is 0.0287. The van der Waals surface area contributed by atoms with Gasteiger partial charge in [0.15, 0.2) is 36.5 Å². The van der Waals surface area contributed by atoms with Gasteiger partial charge in [0.05, 0.1) is 21.8 Å². The number of fused-ring (bicyclic) bond motifs is 2. The highest BCUT2D eigenvalue weighted by Gasteiger charge is 2.36. The van der Waals surface area contributed by atoms with Crippen LogP contribution in [-0.4, -0.2) is 0 Å².